The second-order valence-corrected chi connectivity index (χ2v) is 8.39. The van der Waals surface area contributed by atoms with Crippen molar-refractivity contribution < 1.29 is 23.1 Å². The van der Waals surface area contributed by atoms with Gasteiger partial charge in [0.15, 0.2) is 5.75 Å². The molecule has 0 aliphatic heterocycles. The van der Waals surface area contributed by atoms with Gasteiger partial charge in [-0.25, -0.2) is 0 Å². The highest BCUT2D eigenvalue weighted by molar-refractivity contribution is 5.96. The molecule has 0 radical (unpaired) electrons. The summed E-state index contributed by atoms with van der Waals surface area (Å²) in [7, 11) is 0. The number of nitrogens with zero attached hydrogens (tertiary/aromatic N) is 1. The van der Waals surface area contributed by atoms with E-state index in [0.29, 0.717) is 5.92 Å². The Morgan fingerprint density at radius 2 is 1.81 bits per heavy atom. The van der Waals surface area contributed by atoms with Gasteiger partial charge in [0.25, 0.3) is 11.5 Å². The van der Waals surface area contributed by atoms with E-state index in [2.05, 4.69) is 17.4 Å². The number of carbonyl (C=O) groups is 1. The van der Waals surface area contributed by atoms with E-state index in [0.717, 1.165) is 30.3 Å². The molecule has 1 aromatic heterocycles. The van der Waals surface area contributed by atoms with Crippen LogP contribution in [0.4, 0.5) is 13.2 Å². The lowest BCUT2D eigenvalue weighted by Gasteiger charge is -2.29. The van der Waals surface area contributed by atoms with Crippen LogP contribution >= 0.6 is 0 Å². The minimum absolute atomic E-state index is 0.0545. The van der Waals surface area contributed by atoms with Crippen molar-refractivity contribution in [2.24, 2.45) is 5.92 Å². The molecule has 2 N–H and O–H groups in total. The molecule has 1 fully saturated rings. The van der Waals surface area contributed by atoms with Crippen LogP contribution in [0.5, 0.6) is 5.75 Å². The molecule has 1 aromatic carbocycles. The average Bonchev–Trinajstić information content (AvgIpc) is 2.71. The highest BCUT2D eigenvalue weighted by atomic mass is 19.4. The molecule has 0 saturated heterocycles. The van der Waals surface area contributed by atoms with Crippen LogP contribution in [-0.4, -0.2) is 27.8 Å². The number of hydrogen-bond donors (Lipinski definition) is 2. The van der Waals surface area contributed by atoms with E-state index in [1.807, 2.05) is 18.2 Å². The fourth-order valence-corrected chi connectivity index (χ4v) is 4.24. The zero-order valence-electron chi connectivity index (χ0n) is 17.4. The summed E-state index contributed by atoms with van der Waals surface area (Å²) in [5, 5.41) is 13.1. The smallest absolute Gasteiger partial charge is 0.389 e. The third-order valence-corrected chi connectivity index (χ3v) is 5.81. The average molecular weight is 436 g/mol. The van der Waals surface area contributed by atoms with Crippen LogP contribution in [0.2, 0.25) is 0 Å². The number of carbonyl (C=O) groups excluding carboxylic acids is 1. The first-order valence-corrected chi connectivity index (χ1v) is 10.5. The van der Waals surface area contributed by atoms with Gasteiger partial charge in [-0.3, -0.25) is 9.59 Å². The van der Waals surface area contributed by atoms with Crippen molar-refractivity contribution >= 4 is 5.91 Å². The summed E-state index contributed by atoms with van der Waals surface area (Å²) in [5.74, 6) is -1.67. The zero-order valence-corrected chi connectivity index (χ0v) is 17.4. The van der Waals surface area contributed by atoms with Crippen molar-refractivity contribution in [1.29, 1.82) is 0 Å². The Bertz CT molecular complexity index is 949. The van der Waals surface area contributed by atoms with Crippen molar-refractivity contribution in [3.8, 4) is 5.75 Å². The number of rotatable bonds is 6. The Hall–Kier alpha value is -2.77. The molecule has 5 nitrogen and oxygen atoms in total. The van der Waals surface area contributed by atoms with Crippen molar-refractivity contribution in [2.45, 2.75) is 63.7 Å². The molecule has 2 aromatic rings. The third kappa shape index (κ3) is 6.12. The fraction of sp³-hybridized carbons (Fsp3) is 0.478. The summed E-state index contributed by atoms with van der Waals surface area (Å²) in [6.07, 6.45) is -0.663. The molecule has 1 heterocycles. The molecule has 1 atom stereocenters. The van der Waals surface area contributed by atoms with Crippen LogP contribution in [0.1, 0.15) is 60.9 Å². The van der Waals surface area contributed by atoms with Gasteiger partial charge in [-0.05, 0) is 49.1 Å². The predicted molar refractivity (Wildman–Crippen MR) is 111 cm³/mol. The van der Waals surface area contributed by atoms with Gasteiger partial charge in [0, 0.05) is 25.2 Å². The van der Waals surface area contributed by atoms with E-state index in [1.54, 1.807) is 0 Å². The van der Waals surface area contributed by atoms with Gasteiger partial charge < -0.3 is 15.0 Å². The van der Waals surface area contributed by atoms with Gasteiger partial charge in [0.05, 0.1) is 5.56 Å². The van der Waals surface area contributed by atoms with Crippen molar-refractivity contribution in [1.82, 2.24) is 9.88 Å². The molecular weight excluding hydrogens is 409 g/mol. The molecule has 1 aliphatic carbocycles. The van der Waals surface area contributed by atoms with E-state index in [-0.39, 0.29) is 18.2 Å². The van der Waals surface area contributed by atoms with Gasteiger partial charge in [-0.1, -0.05) is 37.3 Å². The summed E-state index contributed by atoms with van der Waals surface area (Å²) in [6, 6.07) is 11.4. The molecule has 1 unspecified atom stereocenters. The van der Waals surface area contributed by atoms with E-state index < -0.39 is 35.7 Å². The van der Waals surface area contributed by atoms with Gasteiger partial charge in [-0.2, -0.15) is 13.2 Å². The molecule has 1 saturated carbocycles. The Balaban J connectivity index is 1.60. The topological polar surface area (TPSA) is 71.3 Å². The first-order chi connectivity index (χ1) is 14.6. The van der Waals surface area contributed by atoms with Crippen LogP contribution in [-0.2, 0) is 6.54 Å². The summed E-state index contributed by atoms with van der Waals surface area (Å²) in [5.41, 5.74) is 0.262. The maximum atomic E-state index is 12.6. The molecule has 168 valence electrons. The number of nitrogens with one attached hydrogen (secondary N) is 1. The lowest BCUT2D eigenvalue weighted by molar-refractivity contribution is -0.144. The quantitative estimate of drug-likeness (QED) is 0.695. The maximum Gasteiger partial charge on any atom is 0.389 e. The summed E-state index contributed by atoms with van der Waals surface area (Å²) < 4.78 is 38.5. The van der Waals surface area contributed by atoms with Crippen molar-refractivity contribution in [2.75, 3.05) is 0 Å². The molecule has 0 spiro atoms. The van der Waals surface area contributed by atoms with Crippen LogP contribution in [0.3, 0.4) is 0 Å². The maximum absolute atomic E-state index is 12.6. The number of hydrogen-bond acceptors (Lipinski definition) is 3. The third-order valence-electron chi connectivity index (χ3n) is 5.81. The molecule has 1 aliphatic rings. The second kappa shape index (κ2) is 9.58. The van der Waals surface area contributed by atoms with Crippen LogP contribution in [0.15, 0.2) is 47.4 Å². The number of aromatic hydroxyl groups is 1. The molecule has 1 amide bonds. The molecular formula is C23H27F3N2O3. The van der Waals surface area contributed by atoms with Gasteiger partial charge >= 0.3 is 6.18 Å². The van der Waals surface area contributed by atoms with E-state index in [1.165, 1.54) is 24.8 Å². The van der Waals surface area contributed by atoms with Gasteiger partial charge in [0.1, 0.15) is 0 Å². The summed E-state index contributed by atoms with van der Waals surface area (Å²) in [6.45, 7) is 1.18. The minimum Gasteiger partial charge on any atom is -0.502 e. The SMILES string of the molecule is CC(Cn1ccc(C(=O)NC2CCC(c3ccccc3)CC2)c(O)c1=O)CC(F)(F)F. The van der Waals surface area contributed by atoms with Crippen molar-refractivity contribution in [3.63, 3.8) is 0 Å². The number of benzene rings is 1. The summed E-state index contributed by atoms with van der Waals surface area (Å²) >= 11 is 0. The summed E-state index contributed by atoms with van der Waals surface area (Å²) in [4.78, 5) is 24.9. The standard InChI is InChI=1S/C23H27F3N2O3/c1-15(13-23(24,25)26)14-28-12-11-19(20(29)22(28)31)21(30)27-18-9-7-17(8-10-18)16-5-3-2-4-6-16/h2-6,11-12,15,17-18,29H,7-10,13-14H2,1H3,(H,27,30). The predicted octanol–water partition coefficient (Wildman–Crippen LogP) is 4.60. The van der Waals surface area contributed by atoms with E-state index in [4.69, 9.17) is 0 Å². The lowest BCUT2D eigenvalue weighted by atomic mass is 9.82. The Morgan fingerprint density at radius 1 is 1.16 bits per heavy atom. The first-order valence-electron chi connectivity index (χ1n) is 10.5. The van der Waals surface area contributed by atoms with Gasteiger partial charge in [-0.15, -0.1) is 0 Å². The molecule has 3 rings (SSSR count). The van der Waals surface area contributed by atoms with E-state index in [9.17, 15) is 27.9 Å². The van der Waals surface area contributed by atoms with Crippen LogP contribution in [0.25, 0.3) is 0 Å². The fourth-order valence-electron chi connectivity index (χ4n) is 4.24. The normalized spacial score (nSPS) is 20.3. The highest BCUT2D eigenvalue weighted by Crippen LogP contribution is 2.33. The Morgan fingerprint density at radius 3 is 2.42 bits per heavy atom. The lowest BCUT2D eigenvalue weighted by Crippen LogP contribution is -2.38. The largest absolute Gasteiger partial charge is 0.502 e. The van der Waals surface area contributed by atoms with Gasteiger partial charge in [0.2, 0.25) is 0 Å². The number of aromatic nitrogens is 1. The molecule has 31 heavy (non-hydrogen) atoms. The van der Waals surface area contributed by atoms with Crippen LogP contribution in [0, 0.1) is 5.92 Å². The minimum atomic E-state index is -4.33. The number of amides is 1. The molecule has 0 bridgehead atoms. The zero-order chi connectivity index (χ0) is 22.6. The monoisotopic (exact) mass is 436 g/mol. The second-order valence-electron chi connectivity index (χ2n) is 8.39. The van der Waals surface area contributed by atoms with E-state index >= 15 is 0 Å². The number of halogens is 3. The highest BCUT2D eigenvalue weighted by Gasteiger charge is 2.30. The number of alkyl halides is 3. The first kappa shape index (κ1) is 22.9. The van der Waals surface area contributed by atoms with Crippen molar-refractivity contribution in [3.05, 3.63) is 64.1 Å². The van der Waals surface area contributed by atoms with Crippen LogP contribution < -0.4 is 10.9 Å². The Kier molecular flexibility index (Phi) is 7.08. The Labute approximate surface area is 178 Å². The number of pyridine rings is 1. The molecule has 8 heteroatoms.